The Kier molecular flexibility index (Phi) is 7.99. The van der Waals surface area contributed by atoms with Gasteiger partial charge in [0.15, 0.2) is 0 Å². The standard InChI is InChI=1S/C34H30BrN3O2S/c1-23-6-5-7-24(18-23)20-37-21-33(29-8-3-4-9-31(29)37)41-22-34(39)38-32(26-12-16-28(40-2)17-13-26)19-30(36-38)25-10-14-27(35)15-11-25/h3-18,21,32H,19-20,22H2,1-2H3. The Morgan fingerprint density at radius 1 is 1.00 bits per heavy atom. The van der Waals surface area contributed by atoms with Gasteiger partial charge in [0.25, 0.3) is 5.91 Å². The quantitative estimate of drug-likeness (QED) is 0.164. The second kappa shape index (κ2) is 12.0. The summed E-state index contributed by atoms with van der Waals surface area (Å²) < 4.78 is 8.64. The van der Waals surface area contributed by atoms with Crippen LogP contribution in [-0.4, -0.2) is 34.1 Å². The van der Waals surface area contributed by atoms with Crippen LogP contribution in [0.5, 0.6) is 5.75 Å². The second-order valence-electron chi connectivity index (χ2n) is 10.2. The number of aromatic nitrogens is 1. The number of para-hydroxylation sites is 1. The fraction of sp³-hybridized carbons (Fsp3) is 0.176. The first-order valence-electron chi connectivity index (χ1n) is 13.5. The van der Waals surface area contributed by atoms with Crippen LogP contribution in [0, 0.1) is 6.92 Å². The van der Waals surface area contributed by atoms with Crippen molar-refractivity contribution in [2.24, 2.45) is 5.10 Å². The number of aryl methyl sites for hydroxylation is 1. The summed E-state index contributed by atoms with van der Waals surface area (Å²) in [6.07, 6.45) is 2.83. The fourth-order valence-corrected chi connectivity index (χ4v) is 6.52. The highest BCUT2D eigenvalue weighted by Crippen LogP contribution is 2.36. The van der Waals surface area contributed by atoms with Gasteiger partial charge in [0.05, 0.1) is 24.6 Å². The molecule has 0 N–H and O–H groups in total. The molecule has 0 aliphatic carbocycles. The summed E-state index contributed by atoms with van der Waals surface area (Å²) in [6, 6.07) is 32.8. The first kappa shape index (κ1) is 27.4. The second-order valence-corrected chi connectivity index (χ2v) is 12.1. The maximum Gasteiger partial charge on any atom is 0.253 e. The van der Waals surface area contributed by atoms with E-state index in [1.54, 1.807) is 23.9 Å². The number of amides is 1. The molecule has 1 aliphatic heterocycles. The van der Waals surface area contributed by atoms with Crippen molar-refractivity contribution in [3.8, 4) is 5.75 Å². The molecule has 6 rings (SSSR count). The number of hydrogen-bond acceptors (Lipinski definition) is 4. The molecular formula is C34H30BrN3O2S. The minimum atomic E-state index is -0.171. The Morgan fingerprint density at radius 2 is 1.78 bits per heavy atom. The molecule has 0 fully saturated rings. The van der Waals surface area contributed by atoms with Crippen molar-refractivity contribution < 1.29 is 9.53 Å². The van der Waals surface area contributed by atoms with Crippen LogP contribution in [0.3, 0.4) is 0 Å². The maximum atomic E-state index is 13.8. The molecule has 0 saturated carbocycles. The van der Waals surface area contributed by atoms with Crippen LogP contribution in [0.2, 0.25) is 0 Å². The van der Waals surface area contributed by atoms with Gasteiger partial charge in [0.1, 0.15) is 5.75 Å². The predicted molar refractivity (Wildman–Crippen MR) is 171 cm³/mol. The molecule has 7 heteroatoms. The molecule has 2 heterocycles. The van der Waals surface area contributed by atoms with E-state index in [-0.39, 0.29) is 11.9 Å². The SMILES string of the molecule is COc1ccc(C2CC(c3ccc(Br)cc3)=NN2C(=O)CSc2cn(Cc3cccc(C)c3)c3ccccc23)cc1. The molecule has 1 amide bonds. The van der Waals surface area contributed by atoms with Crippen molar-refractivity contribution in [2.75, 3.05) is 12.9 Å². The summed E-state index contributed by atoms with van der Waals surface area (Å²) >= 11 is 5.09. The molecule has 5 nitrogen and oxygen atoms in total. The highest BCUT2D eigenvalue weighted by Gasteiger charge is 2.33. The molecule has 0 radical (unpaired) electrons. The maximum absolute atomic E-state index is 13.8. The van der Waals surface area contributed by atoms with E-state index < -0.39 is 0 Å². The van der Waals surface area contributed by atoms with E-state index in [2.05, 4.69) is 82.1 Å². The summed E-state index contributed by atoms with van der Waals surface area (Å²) in [5.41, 5.74) is 6.64. The minimum Gasteiger partial charge on any atom is -0.497 e. The number of carbonyl (C=O) groups is 1. The van der Waals surface area contributed by atoms with E-state index in [0.717, 1.165) is 49.4 Å². The molecular weight excluding hydrogens is 594 g/mol. The van der Waals surface area contributed by atoms with E-state index in [1.165, 1.54) is 11.1 Å². The van der Waals surface area contributed by atoms with Crippen LogP contribution in [0.15, 0.2) is 118 Å². The lowest BCUT2D eigenvalue weighted by Crippen LogP contribution is -2.28. The Labute approximate surface area is 253 Å². The van der Waals surface area contributed by atoms with E-state index in [4.69, 9.17) is 9.84 Å². The molecule has 4 aromatic carbocycles. The summed E-state index contributed by atoms with van der Waals surface area (Å²) in [5, 5.41) is 7.70. The Hall–Kier alpha value is -3.81. The van der Waals surface area contributed by atoms with E-state index in [9.17, 15) is 4.79 Å². The smallest absolute Gasteiger partial charge is 0.253 e. The van der Waals surface area contributed by atoms with Crippen molar-refractivity contribution in [1.29, 1.82) is 0 Å². The molecule has 0 spiro atoms. The third kappa shape index (κ3) is 5.97. The van der Waals surface area contributed by atoms with Crippen LogP contribution in [0.1, 0.15) is 34.7 Å². The lowest BCUT2D eigenvalue weighted by Gasteiger charge is -2.22. The van der Waals surface area contributed by atoms with Gasteiger partial charge in [0.2, 0.25) is 0 Å². The average Bonchev–Trinajstić information content (AvgIpc) is 3.59. The first-order valence-corrected chi connectivity index (χ1v) is 15.3. The number of rotatable bonds is 8. The lowest BCUT2D eigenvalue weighted by molar-refractivity contribution is -0.130. The Bertz CT molecular complexity index is 1730. The number of halogens is 1. The van der Waals surface area contributed by atoms with Crippen molar-refractivity contribution >= 4 is 50.2 Å². The van der Waals surface area contributed by atoms with Gasteiger partial charge in [-0.05, 0) is 53.9 Å². The largest absolute Gasteiger partial charge is 0.497 e. The monoisotopic (exact) mass is 623 g/mol. The van der Waals surface area contributed by atoms with Gasteiger partial charge in [-0.1, -0.05) is 88.2 Å². The van der Waals surface area contributed by atoms with Gasteiger partial charge in [0, 0.05) is 39.4 Å². The first-order chi connectivity index (χ1) is 20.0. The number of thioether (sulfide) groups is 1. The zero-order valence-electron chi connectivity index (χ0n) is 23.0. The number of nitrogens with zero attached hydrogens (tertiary/aromatic N) is 3. The number of hydrazone groups is 1. The van der Waals surface area contributed by atoms with E-state index in [1.807, 2.05) is 48.5 Å². The average molecular weight is 625 g/mol. The highest BCUT2D eigenvalue weighted by atomic mass is 79.9. The highest BCUT2D eigenvalue weighted by molar-refractivity contribution is 9.10. The number of carbonyl (C=O) groups excluding carboxylic acids is 1. The number of benzene rings is 4. The van der Waals surface area contributed by atoms with Gasteiger partial charge in [-0.15, -0.1) is 11.8 Å². The summed E-state index contributed by atoms with van der Waals surface area (Å²) in [7, 11) is 1.66. The predicted octanol–water partition coefficient (Wildman–Crippen LogP) is 8.24. The molecule has 1 atom stereocenters. The van der Waals surface area contributed by atoms with Crippen LogP contribution < -0.4 is 4.74 Å². The van der Waals surface area contributed by atoms with Gasteiger partial charge in [-0.25, -0.2) is 5.01 Å². The van der Waals surface area contributed by atoms with Gasteiger partial charge in [-0.2, -0.15) is 5.10 Å². The van der Waals surface area contributed by atoms with Crippen LogP contribution in [0.25, 0.3) is 10.9 Å². The number of ether oxygens (including phenoxy) is 1. The van der Waals surface area contributed by atoms with Crippen LogP contribution >= 0.6 is 27.7 Å². The topological polar surface area (TPSA) is 46.8 Å². The Balaban J connectivity index is 1.26. The van der Waals surface area contributed by atoms with Gasteiger partial charge >= 0.3 is 0 Å². The van der Waals surface area contributed by atoms with E-state index >= 15 is 0 Å². The summed E-state index contributed by atoms with van der Waals surface area (Å²) in [6.45, 7) is 2.90. The number of hydrogen-bond donors (Lipinski definition) is 0. The fourth-order valence-electron chi connectivity index (χ4n) is 5.31. The molecule has 0 bridgehead atoms. The van der Waals surface area contributed by atoms with Crippen LogP contribution in [-0.2, 0) is 11.3 Å². The molecule has 41 heavy (non-hydrogen) atoms. The minimum absolute atomic E-state index is 0.0153. The zero-order valence-corrected chi connectivity index (χ0v) is 25.4. The molecule has 5 aromatic rings. The molecule has 206 valence electrons. The van der Waals surface area contributed by atoms with Gasteiger partial charge < -0.3 is 9.30 Å². The molecule has 1 aromatic heterocycles. The lowest BCUT2D eigenvalue weighted by atomic mass is 9.98. The zero-order chi connectivity index (χ0) is 28.3. The molecule has 0 saturated heterocycles. The van der Waals surface area contributed by atoms with Crippen molar-refractivity contribution in [1.82, 2.24) is 9.58 Å². The van der Waals surface area contributed by atoms with Crippen molar-refractivity contribution in [3.63, 3.8) is 0 Å². The summed E-state index contributed by atoms with van der Waals surface area (Å²) in [5.74, 6) is 1.07. The third-order valence-corrected chi connectivity index (χ3v) is 8.94. The normalized spacial score (nSPS) is 14.9. The van der Waals surface area contributed by atoms with Gasteiger partial charge in [-0.3, -0.25) is 4.79 Å². The molecule has 1 unspecified atom stereocenters. The van der Waals surface area contributed by atoms with Crippen molar-refractivity contribution in [3.05, 3.63) is 130 Å². The van der Waals surface area contributed by atoms with E-state index in [0.29, 0.717) is 12.2 Å². The Morgan fingerprint density at radius 3 is 2.54 bits per heavy atom. The summed E-state index contributed by atoms with van der Waals surface area (Å²) in [4.78, 5) is 14.9. The third-order valence-electron chi connectivity index (χ3n) is 7.38. The number of fused-ring (bicyclic) bond motifs is 1. The van der Waals surface area contributed by atoms with Crippen molar-refractivity contribution in [2.45, 2.75) is 30.8 Å². The molecule has 1 aliphatic rings. The van der Waals surface area contributed by atoms with Crippen LogP contribution in [0.4, 0.5) is 0 Å². The number of methoxy groups -OCH3 is 1.